The van der Waals surface area contributed by atoms with Gasteiger partial charge < -0.3 is 14.6 Å². The zero-order chi connectivity index (χ0) is 27.1. The number of nitrogens with zero attached hydrogens (tertiary/aromatic N) is 2. The number of imide groups is 1. The Morgan fingerprint density at radius 3 is 2.62 bits per heavy atom. The first kappa shape index (κ1) is 24.8. The van der Waals surface area contributed by atoms with E-state index in [1.54, 1.807) is 31.3 Å². The number of amides is 2. The summed E-state index contributed by atoms with van der Waals surface area (Å²) in [5.41, 5.74) is -1.16. The van der Waals surface area contributed by atoms with E-state index in [1.807, 2.05) is 42.5 Å². The zero-order valence-electron chi connectivity index (χ0n) is 20.9. The second-order valence-corrected chi connectivity index (χ2v) is 11.5. The van der Waals surface area contributed by atoms with Gasteiger partial charge in [0.1, 0.15) is 11.1 Å². The van der Waals surface area contributed by atoms with Gasteiger partial charge in [0, 0.05) is 29.8 Å². The summed E-state index contributed by atoms with van der Waals surface area (Å²) in [6.45, 7) is 1.87. The maximum Gasteiger partial charge on any atom is 0.240 e. The minimum absolute atomic E-state index is 0.134. The molecule has 1 N–H and O–H groups in total. The van der Waals surface area contributed by atoms with E-state index in [9.17, 15) is 14.7 Å². The fourth-order valence-electron chi connectivity index (χ4n) is 6.87. The second-order valence-electron chi connectivity index (χ2n) is 10.7. The van der Waals surface area contributed by atoms with Crippen molar-refractivity contribution < 1.29 is 24.2 Å². The molecule has 0 saturated carbocycles. The van der Waals surface area contributed by atoms with Crippen molar-refractivity contribution in [1.29, 1.82) is 0 Å². The van der Waals surface area contributed by atoms with Crippen LogP contribution in [0.1, 0.15) is 19.8 Å². The lowest BCUT2D eigenvalue weighted by atomic mass is 9.66. The SMILES string of the molecule is CC12OC(CCOc3c(Cl)cc(Cl)c4cccnc34)(CC1O)C1C(=O)N(c3cccc4ccccc34)C(=O)C12. The quantitative estimate of drug-likeness (QED) is 0.320. The highest BCUT2D eigenvalue weighted by molar-refractivity contribution is 6.39. The van der Waals surface area contributed by atoms with Crippen LogP contribution in [0.15, 0.2) is 66.9 Å². The monoisotopic (exact) mass is 562 g/mol. The minimum atomic E-state index is -1.18. The molecule has 7 rings (SSSR count). The summed E-state index contributed by atoms with van der Waals surface area (Å²) in [5, 5.41) is 14.3. The van der Waals surface area contributed by atoms with Gasteiger partial charge in [-0.1, -0.05) is 59.6 Å². The molecule has 9 heteroatoms. The minimum Gasteiger partial charge on any atom is -0.490 e. The Morgan fingerprint density at radius 2 is 1.77 bits per heavy atom. The van der Waals surface area contributed by atoms with E-state index in [2.05, 4.69) is 4.98 Å². The van der Waals surface area contributed by atoms with Crippen molar-refractivity contribution in [3.63, 3.8) is 0 Å². The molecule has 3 aromatic carbocycles. The molecule has 3 aliphatic heterocycles. The molecule has 2 bridgehead atoms. The highest BCUT2D eigenvalue weighted by Gasteiger charge is 2.77. The van der Waals surface area contributed by atoms with Crippen LogP contribution in [0.2, 0.25) is 10.0 Å². The molecular formula is C30H24Cl2N2O5. The molecule has 5 atom stereocenters. The Hall–Kier alpha value is -3.23. The molecule has 5 unspecified atom stereocenters. The van der Waals surface area contributed by atoms with Crippen molar-refractivity contribution in [2.45, 2.75) is 37.1 Å². The summed E-state index contributed by atoms with van der Waals surface area (Å²) < 4.78 is 12.6. The van der Waals surface area contributed by atoms with E-state index in [4.69, 9.17) is 32.7 Å². The number of rotatable bonds is 5. The number of anilines is 1. The third kappa shape index (κ3) is 3.40. The van der Waals surface area contributed by atoms with E-state index < -0.39 is 29.1 Å². The average Bonchev–Trinajstić information content (AvgIpc) is 3.46. The lowest BCUT2D eigenvalue weighted by molar-refractivity contribution is -0.134. The molecule has 1 aromatic heterocycles. The van der Waals surface area contributed by atoms with Crippen LogP contribution in [0.5, 0.6) is 5.75 Å². The van der Waals surface area contributed by atoms with Gasteiger partial charge in [-0.05, 0) is 36.6 Å². The number of aliphatic hydroxyl groups excluding tert-OH is 1. The number of hydrogen-bond acceptors (Lipinski definition) is 6. The second kappa shape index (κ2) is 8.63. The van der Waals surface area contributed by atoms with Gasteiger partial charge in [0.2, 0.25) is 11.8 Å². The Morgan fingerprint density at radius 1 is 1.03 bits per heavy atom. The van der Waals surface area contributed by atoms with Crippen LogP contribution in [0, 0.1) is 11.8 Å². The molecule has 7 nitrogen and oxygen atoms in total. The first-order chi connectivity index (χ1) is 18.7. The summed E-state index contributed by atoms with van der Waals surface area (Å²) in [4.78, 5) is 33.6. The highest BCUT2D eigenvalue weighted by Crippen LogP contribution is 2.62. The number of pyridine rings is 1. The number of ether oxygens (including phenoxy) is 2. The summed E-state index contributed by atoms with van der Waals surface area (Å²) in [7, 11) is 0. The van der Waals surface area contributed by atoms with Gasteiger partial charge in [0.05, 0.1) is 45.9 Å². The first-order valence-electron chi connectivity index (χ1n) is 12.8. The molecule has 3 aliphatic rings. The van der Waals surface area contributed by atoms with Crippen LogP contribution in [0.25, 0.3) is 21.7 Å². The third-order valence-electron chi connectivity index (χ3n) is 8.64. The molecule has 0 radical (unpaired) electrons. The van der Waals surface area contributed by atoms with Gasteiger partial charge in [0.25, 0.3) is 0 Å². The maximum absolute atomic E-state index is 14.0. The normalized spacial score (nSPS) is 29.5. The molecule has 2 amide bonds. The number of fused-ring (bicyclic) bond motifs is 7. The summed E-state index contributed by atoms with van der Waals surface area (Å²) in [6, 6.07) is 18.4. The number of halogens is 2. The Balaban J connectivity index is 1.23. The molecule has 4 aromatic rings. The fourth-order valence-corrected chi connectivity index (χ4v) is 7.45. The number of hydrogen-bond donors (Lipinski definition) is 1. The van der Waals surface area contributed by atoms with E-state index in [-0.39, 0.29) is 31.3 Å². The fraction of sp³-hybridized carbons (Fsp3) is 0.300. The molecule has 3 saturated heterocycles. The van der Waals surface area contributed by atoms with Crippen LogP contribution in [-0.2, 0) is 14.3 Å². The largest absolute Gasteiger partial charge is 0.490 e. The van der Waals surface area contributed by atoms with Gasteiger partial charge in [-0.25, -0.2) is 4.90 Å². The number of carbonyl (C=O) groups excluding carboxylic acids is 2. The first-order valence-corrected chi connectivity index (χ1v) is 13.6. The molecule has 4 heterocycles. The molecule has 0 aliphatic carbocycles. The van der Waals surface area contributed by atoms with Crippen molar-refractivity contribution in [1.82, 2.24) is 4.98 Å². The lowest BCUT2D eigenvalue weighted by Crippen LogP contribution is -2.49. The Kier molecular flexibility index (Phi) is 5.49. The van der Waals surface area contributed by atoms with Crippen LogP contribution in [0.4, 0.5) is 5.69 Å². The highest BCUT2D eigenvalue weighted by atomic mass is 35.5. The number of carbonyl (C=O) groups is 2. The van der Waals surface area contributed by atoms with Crippen LogP contribution in [-0.4, -0.2) is 45.8 Å². The molecule has 3 fully saturated rings. The molecule has 198 valence electrons. The van der Waals surface area contributed by atoms with Crippen molar-refractivity contribution in [2.24, 2.45) is 11.8 Å². The molecule has 0 spiro atoms. The third-order valence-corrected chi connectivity index (χ3v) is 9.24. The van der Waals surface area contributed by atoms with Crippen LogP contribution >= 0.6 is 23.2 Å². The topological polar surface area (TPSA) is 89.0 Å². The maximum atomic E-state index is 14.0. The zero-order valence-corrected chi connectivity index (χ0v) is 22.4. The number of aromatic nitrogens is 1. The van der Waals surface area contributed by atoms with E-state index in [1.165, 1.54) is 4.90 Å². The van der Waals surface area contributed by atoms with Gasteiger partial charge >= 0.3 is 0 Å². The van der Waals surface area contributed by atoms with Gasteiger partial charge in [-0.2, -0.15) is 0 Å². The van der Waals surface area contributed by atoms with E-state index in [0.717, 1.165) is 10.8 Å². The summed E-state index contributed by atoms with van der Waals surface area (Å²) >= 11 is 12.8. The van der Waals surface area contributed by atoms with Crippen LogP contribution in [0.3, 0.4) is 0 Å². The standard InChI is InChI=1S/C30H24Cl2N2O5/c1-29-22(35)15-30(39-29,11-13-38-26-20(32)14-19(31)18-9-5-12-33-25(18)26)24-23(29)27(36)34(28(24)37)21-10-4-7-16-6-2-3-8-17(16)21/h2-10,12,14,22-24,35H,11,13,15H2,1H3. The summed E-state index contributed by atoms with van der Waals surface area (Å²) in [6.07, 6.45) is 1.24. The summed E-state index contributed by atoms with van der Waals surface area (Å²) in [5.74, 6) is -1.81. The van der Waals surface area contributed by atoms with Crippen molar-refractivity contribution in [2.75, 3.05) is 11.5 Å². The predicted octanol–water partition coefficient (Wildman–Crippen LogP) is 5.56. The smallest absolute Gasteiger partial charge is 0.240 e. The van der Waals surface area contributed by atoms with E-state index >= 15 is 0 Å². The van der Waals surface area contributed by atoms with Crippen LogP contribution < -0.4 is 9.64 Å². The van der Waals surface area contributed by atoms with E-state index in [0.29, 0.717) is 32.4 Å². The van der Waals surface area contributed by atoms with Crippen molar-refractivity contribution in [3.8, 4) is 5.75 Å². The van der Waals surface area contributed by atoms with Gasteiger partial charge in [0.15, 0.2) is 5.75 Å². The van der Waals surface area contributed by atoms with Gasteiger partial charge in [-0.15, -0.1) is 0 Å². The van der Waals surface area contributed by atoms with Gasteiger partial charge in [-0.3, -0.25) is 14.6 Å². The molecule has 39 heavy (non-hydrogen) atoms. The van der Waals surface area contributed by atoms with Crippen molar-refractivity contribution in [3.05, 3.63) is 76.9 Å². The van der Waals surface area contributed by atoms with Crippen molar-refractivity contribution >= 4 is 62.4 Å². The average molecular weight is 563 g/mol. The number of benzene rings is 3. The lowest BCUT2D eigenvalue weighted by Gasteiger charge is -2.33. The molecular weight excluding hydrogens is 539 g/mol. The Bertz CT molecular complexity index is 1690. The predicted molar refractivity (Wildman–Crippen MR) is 148 cm³/mol. The Labute approximate surface area is 234 Å². The number of aliphatic hydroxyl groups is 1.